The number of hydrogen-bond donors (Lipinski definition) is 0. The van der Waals surface area contributed by atoms with Crippen molar-refractivity contribution >= 4 is 22.6 Å². The summed E-state index contributed by atoms with van der Waals surface area (Å²) < 4.78 is 19.2. The molecule has 234 valence electrons. The van der Waals surface area contributed by atoms with Gasteiger partial charge in [-0.05, 0) is 94.2 Å². The van der Waals surface area contributed by atoms with E-state index in [4.69, 9.17) is 9.97 Å². The number of ketones is 1. The summed E-state index contributed by atoms with van der Waals surface area (Å²) in [4.78, 5) is 31.3. The quantitative estimate of drug-likeness (QED) is 0.202. The molecule has 1 fully saturated rings. The molecule has 0 saturated carbocycles. The molecule has 10 heteroatoms. The number of hydrogen-bond acceptors (Lipinski definition) is 7. The van der Waals surface area contributed by atoms with Crippen LogP contribution in [0.1, 0.15) is 76.9 Å². The van der Waals surface area contributed by atoms with Gasteiger partial charge in [-0.2, -0.15) is 5.26 Å². The third-order valence-electron chi connectivity index (χ3n) is 9.56. The summed E-state index contributed by atoms with van der Waals surface area (Å²) in [5.74, 6) is 1.93. The van der Waals surface area contributed by atoms with E-state index < -0.39 is 0 Å². The molecule has 0 unspecified atom stereocenters. The van der Waals surface area contributed by atoms with E-state index in [1.165, 1.54) is 6.07 Å². The molecule has 2 aromatic carbocycles. The minimum atomic E-state index is -0.314. The second-order valence-electron chi connectivity index (χ2n) is 12.4. The number of anilines is 1. The molecule has 0 aliphatic carbocycles. The molecule has 3 aromatic heterocycles. The minimum Gasteiger partial charge on any atom is -0.352 e. The molecule has 1 saturated heterocycles. The predicted octanol–water partition coefficient (Wildman–Crippen LogP) is 5.85. The molecule has 9 nitrogen and oxygen atoms in total. The first-order chi connectivity index (χ1) is 22.4. The Hall–Kier alpha value is -4.88. The van der Waals surface area contributed by atoms with E-state index in [1.54, 1.807) is 6.92 Å². The van der Waals surface area contributed by atoms with Crippen molar-refractivity contribution in [3.05, 3.63) is 106 Å². The maximum absolute atomic E-state index is 14.8. The third-order valence-corrected chi connectivity index (χ3v) is 9.56. The standard InChI is InChI=1S/C36H37FN8O/c1-3-43-23-39-19-29(43)20-45-34-17-27(24(2)46)7-8-33(34)41-36(45)22-42-12-9-26(10-13-42)32-5-4-6-35(40-32)44-14-11-28-15-25(18-38)16-31(37)30(28)21-44/h4-8,15-17,19,23,26H,3,9-14,20-22H2,1-2H3. The van der Waals surface area contributed by atoms with Crippen LogP contribution in [0.15, 0.2) is 61.1 Å². The van der Waals surface area contributed by atoms with Gasteiger partial charge in [-0.15, -0.1) is 0 Å². The lowest BCUT2D eigenvalue weighted by molar-refractivity contribution is 0.101. The van der Waals surface area contributed by atoms with Crippen LogP contribution >= 0.6 is 0 Å². The number of piperidine rings is 1. The number of nitrogens with zero attached hydrogens (tertiary/aromatic N) is 8. The van der Waals surface area contributed by atoms with Crippen LogP contribution in [0.5, 0.6) is 0 Å². The molecule has 7 rings (SSSR count). The number of benzene rings is 2. The summed E-state index contributed by atoms with van der Waals surface area (Å²) >= 11 is 0. The highest BCUT2D eigenvalue weighted by atomic mass is 19.1. The lowest BCUT2D eigenvalue weighted by Gasteiger charge is -2.33. The van der Waals surface area contributed by atoms with Gasteiger partial charge in [0.1, 0.15) is 17.5 Å². The first-order valence-corrected chi connectivity index (χ1v) is 16.0. The normalized spacial score (nSPS) is 15.7. The van der Waals surface area contributed by atoms with Gasteiger partial charge in [0.25, 0.3) is 0 Å². The number of aromatic nitrogens is 5. The van der Waals surface area contributed by atoms with Crippen LogP contribution in [0.2, 0.25) is 0 Å². The maximum atomic E-state index is 14.8. The van der Waals surface area contributed by atoms with Gasteiger partial charge in [-0.25, -0.2) is 19.3 Å². The van der Waals surface area contributed by atoms with Gasteiger partial charge in [0.15, 0.2) is 5.78 Å². The minimum absolute atomic E-state index is 0.0426. The number of fused-ring (bicyclic) bond motifs is 2. The average molecular weight is 617 g/mol. The zero-order valence-corrected chi connectivity index (χ0v) is 26.3. The summed E-state index contributed by atoms with van der Waals surface area (Å²) in [6.07, 6.45) is 6.43. The monoisotopic (exact) mass is 616 g/mol. The van der Waals surface area contributed by atoms with E-state index >= 15 is 0 Å². The Labute approximate surface area is 267 Å². The molecular formula is C36H37FN8O. The smallest absolute Gasteiger partial charge is 0.159 e. The highest BCUT2D eigenvalue weighted by Crippen LogP contribution is 2.31. The third kappa shape index (κ3) is 5.79. The van der Waals surface area contributed by atoms with Crippen molar-refractivity contribution in [2.75, 3.05) is 24.5 Å². The van der Waals surface area contributed by atoms with Crippen molar-refractivity contribution < 1.29 is 9.18 Å². The largest absolute Gasteiger partial charge is 0.352 e. The van der Waals surface area contributed by atoms with Gasteiger partial charge in [0, 0.05) is 48.6 Å². The van der Waals surface area contributed by atoms with Crippen molar-refractivity contribution in [2.24, 2.45) is 0 Å². The number of carbonyl (C=O) groups is 1. The predicted molar refractivity (Wildman–Crippen MR) is 174 cm³/mol. The topological polar surface area (TPSA) is 95.9 Å². The molecule has 0 atom stereocenters. The average Bonchev–Trinajstić information content (AvgIpc) is 3.68. The van der Waals surface area contributed by atoms with Crippen LogP contribution in [0.4, 0.5) is 10.2 Å². The summed E-state index contributed by atoms with van der Waals surface area (Å²) in [6.45, 7) is 8.95. The molecule has 2 aliphatic heterocycles. The van der Waals surface area contributed by atoms with E-state index in [-0.39, 0.29) is 11.6 Å². The SMILES string of the molecule is CCn1cncc1Cn1c(CN2CCC(c3cccc(N4CCc5cc(C#N)cc(F)c5C4)n3)CC2)nc2ccc(C(C)=O)cc21. The molecule has 0 radical (unpaired) electrons. The number of carbonyl (C=O) groups excluding carboxylic acids is 1. The number of pyridine rings is 1. The van der Waals surface area contributed by atoms with Crippen molar-refractivity contribution in [2.45, 2.75) is 65.2 Å². The Balaban J connectivity index is 1.06. The van der Waals surface area contributed by atoms with Gasteiger partial charge < -0.3 is 14.0 Å². The highest BCUT2D eigenvalue weighted by molar-refractivity contribution is 5.97. The van der Waals surface area contributed by atoms with Crippen molar-refractivity contribution in [1.29, 1.82) is 5.26 Å². The first kappa shape index (κ1) is 29.8. The first-order valence-electron chi connectivity index (χ1n) is 16.0. The molecule has 46 heavy (non-hydrogen) atoms. The Morgan fingerprint density at radius 3 is 2.70 bits per heavy atom. The Kier molecular flexibility index (Phi) is 8.09. The fourth-order valence-corrected chi connectivity index (χ4v) is 6.92. The maximum Gasteiger partial charge on any atom is 0.159 e. The summed E-state index contributed by atoms with van der Waals surface area (Å²) in [7, 11) is 0. The van der Waals surface area contributed by atoms with Crippen molar-refractivity contribution in [3.63, 3.8) is 0 Å². The van der Waals surface area contributed by atoms with Gasteiger partial charge in [-0.3, -0.25) is 9.69 Å². The lowest BCUT2D eigenvalue weighted by Crippen LogP contribution is -2.34. The molecule has 0 bridgehead atoms. The zero-order chi connectivity index (χ0) is 31.8. The Bertz CT molecular complexity index is 1960. The molecule has 5 aromatic rings. The van der Waals surface area contributed by atoms with Crippen molar-refractivity contribution in [3.8, 4) is 6.07 Å². The molecular weight excluding hydrogens is 579 g/mol. The van der Waals surface area contributed by atoms with Crippen LogP contribution in [-0.2, 0) is 32.6 Å². The highest BCUT2D eigenvalue weighted by Gasteiger charge is 2.26. The Morgan fingerprint density at radius 2 is 1.91 bits per heavy atom. The van der Waals surface area contributed by atoms with E-state index in [1.807, 2.05) is 42.9 Å². The molecule has 2 aliphatic rings. The second-order valence-corrected chi connectivity index (χ2v) is 12.4. The van der Waals surface area contributed by atoms with Gasteiger partial charge >= 0.3 is 0 Å². The van der Waals surface area contributed by atoms with Crippen LogP contribution in [0, 0.1) is 17.1 Å². The number of likely N-dealkylation sites (tertiary alicyclic amines) is 1. The summed E-state index contributed by atoms with van der Waals surface area (Å²) in [5.41, 5.74) is 6.69. The van der Waals surface area contributed by atoms with E-state index in [2.05, 4.69) is 49.0 Å². The summed E-state index contributed by atoms with van der Waals surface area (Å²) in [5, 5.41) is 9.21. The number of nitriles is 1. The van der Waals surface area contributed by atoms with Gasteiger partial charge in [-0.1, -0.05) is 6.07 Å². The number of rotatable bonds is 8. The summed E-state index contributed by atoms with van der Waals surface area (Å²) in [6, 6.07) is 17.2. The molecule has 0 amide bonds. The van der Waals surface area contributed by atoms with Crippen LogP contribution in [-0.4, -0.2) is 54.4 Å². The second kappa shape index (κ2) is 12.5. The fraction of sp³-hybridized carbons (Fsp3) is 0.361. The lowest BCUT2D eigenvalue weighted by atomic mass is 9.93. The van der Waals surface area contributed by atoms with Gasteiger partial charge in [0.05, 0.1) is 47.8 Å². The van der Waals surface area contributed by atoms with E-state index in [0.717, 1.165) is 85.2 Å². The van der Waals surface area contributed by atoms with Crippen LogP contribution in [0.25, 0.3) is 11.0 Å². The van der Waals surface area contributed by atoms with Crippen LogP contribution in [0.3, 0.4) is 0 Å². The number of aryl methyl sites for hydroxylation is 1. The molecule has 0 N–H and O–H groups in total. The van der Waals surface area contributed by atoms with E-state index in [0.29, 0.717) is 42.1 Å². The van der Waals surface area contributed by atoms with E-state index in [9.17, 15) is 14.4 Å². The zero-order valence-electron chi connectivity index (χ0n) is 26.3. The molecule has 5 heterocycles. The Morgan fingerprint density at radius 1 is 1.07 bits per heavy atom. The number of Topliss-reactive ketones (excluding diaryl/α,β-unsaturated/α-hetero) is 1. The van der Waals surface area contributed by atoms with Gasteiger partial charge in [0.2, 0.25) is 0 Å². The van der Waals surface area contributed by atoms with Crippen molar-refractivity contribution in [1.82, 2.24) is 29.0 Å². The fourth-order valence-electron chi connectivity index (χ4n) is 6.92. The molecule has 0 spiro atoms. The number of halogens is 1. The van der Waals surface area contributed by atoms with Crippen LogP contribution < -0.4 is 4.90 Å². The number of imidazole rings is 2.